The zero-order valence-electron chi connectivity index (χ0n) is 12.5. The van der Waals surface area contributed by atoms with E-state index in [1.54, 1.807) is 32.6 Å². The van der Waals surface area contributed by atoms with Gasteiger partial charge in [-0.15, -0.1) is 0 Å². The van der Waals surface area contributed by atoms with Gasteiger partial charge >= 0.3 is 5.97 Å². The van der Waals surface area contributed by atoms with Crippen LogP contribution in [0.2, 0.25) is 5.02 Å². The van der Waals surface area contributed by atoms with Crippen LogP contribution in [0, 0.1) is 0 Å². The number of hydrogen-bond donors (Lipinski definition) is 2. The minimum absolute atomic E-state index is 0.123. The van der Waals surface area contributed by atoms with Crippen molar-refractivity contribution >= 4 is 29.5 Å². The minimum Gasteiger partial charge on any atom is -0.493 e. The number of hydrogen-bond acceptors (Lipinski definition) is 5. The molecule has 0 atom stereocenters. The van der Waals surface area contributed by atoms with E-state index in [0.717, 1.165) is 5.56 Å². The lowest BCUT2D eigenvalue weighted by Crippen LogP contribution is -1.99. The molecule has 0 bridgehead atoms. The molecule has 0 heterocycles. The molecule has 2 aromatic rings. The maximum absolute atomic E-state index is 11.0. The van der Waals surface area contributed by atoms with Crippen LogP contribution in [0.25, 0.3) is 0 Å². The number of halogens is 1. The monoisotopic (exact) mass is 334 g/mol. The highest BCUT2D eigenvalue weighted by molar-refractivity contribution is 6.33. The maximum Gasteiger partial charge on any atom is 0.335 e. The van der Waals surface area contributed by atoms with Crippen molar-refractivity contribution in [3.8, 4) is 11.5 Å². The Morgan fingerprint density at radius 1 is 1.17 bits per heavy atom. The summed E-state index contributed by atoms with van der Waals surface area (Å²) in [5.41, 5.74) is 4.03. The first kappa shape index (κ1) is 16.6. The van der Waals surface area contributed by atoms with E-state index in [2.05, 4.69) is 10.5 Å². The molecule has 7 heteroatoms. The van der Waals surface area contributed by atoms with E-state index < -0.39 is 5.97 Å². The van der Waals surface area contributed by atoms with Gasteiger partial charge in [-0.3, -0.25) is 5.43 Å². The molecule has 23 heavy (non-hydrogen) atoms. The Hall–Kier alpha value is -2.73. The number of carboxylic acids is 1. The van der Waals surface area contributed by atoms with Crippen molar-refractivity contribution in [1.29, 1.82) is 0 Å². The highest BCUT2D eigenvalue weighted by Crippen LogP contribution is 2.27. The number of aromatic carboxylic acids is 1. The molecular weight excluding hydrogens is 320 g/mol. The summed E-state index contributed by atoms with van der Waals surface area (Å²) in [6, 6.07) is 9.67. The first-order valence-electron chi connectivity index (χ1n) is 6.59. The third-order valence-corrected chi connectivity index (χ3v) is 3.35. The lowest BCUT2D eigenvalue weighted by molar-refractivity contribution is 0.0697. The zero-order valence-corrected chi connectivity index (χ0v) is 13.3. The SMILES string of the molecule is COc1ccc(/C=N\Nc2cc(C(=O)O)ccc2Cl)cc1OC. The lowest BCUT2D eigenvalue weighted by Gasteiger charge is -2.07. The van der Waals surface area contributed by atoms with E-state index >= 15 is 0 Å². The van der Waals surface area contributed by atoms with Crippen molar-refractivity contribution < 1.29 is 19.4 Å². The molecule has 0 saturated heterocycles. The fourth-order valence-corrected chi connectivity index (χ4v) is 2.01. The van der Waals surface area contributed by atoms with Crippen LogP contribution < -0.4 is 14.9 Å². The number of anilines is 1. The van der Waals surface area contributed by atoms with Crippen molar-refractivity contribution in [2.24, 2.45) is 5.10 Å². The van der Waals surface area contributed by atoms with Crippen LogP contribution in [0.5, 0.6) is 11.5 Å². The Bertz CT molecular complexity index is 747. The number of nitrogens with one attached hydrogen (secondary N) is 1. The molecule has 0 aromatic heterocycles. The molecule has 0 aliphatic carbocycles. The number of methoxy groups -OCH3 is 2. The largest absolute Gasteiger partial charge is 0.493 e. The molecule has 0 saturated carbocycles. The van der Waals surface area contributed by atoms with Crippen molar-refractivity contribution in [1.82, 2.24) is 0 Å². The molecule has 0 aliphatic rings. The van der Waals surface area contributed by atoms with Gasteiger partial charge in [0.05, 0.1) is 36.7 Å². The highest BCUT2D eigenvalue weighted by atomic mass is 35.5. The standard InChI is InChI=1S/C16H15ClN2O4/c1-22-14-6-3-10(7-15(14)23-2)9-18-19-13-8-11(16(20)21)4-5-12(13)17/h3-9,19H,1-2H3,(H,20,21)/b18-9-. The smallest absolute Gasteiger partial charge is 0.335 e. The second kappa shape index (κ2) is 7.51. The molecule has 2 aromatic carbocycles. The summed E-state index contributed by atoms with van der Waals surface area (Å²) in [5, 5.41) is 13.4. The fraction of sp³-hybridized carbons (Fsp3) is 0.125. The molecule has 2 rings (SSSR count). The van der Waals surface area contributed by atoms with Crippen LogP contribution in [0.4, 0.5) is 5.69 Å². The predicted molar refractivity (Wildman–Crippen MR) is 89.2 cm³/mol. The summed E-state index contributed by atoms with van der Waals surface area (Å²) in [4.78, 5) is 11.0. The Kier molecular flexibility index (Phi) is 5.43. The molecule has 0 aliphatic heterocycles. The van der Waals surface area contributed by atoms with Gasteiger partial charge in [-0.1, -0.05) is 11.6 Å². The summed E-state index contributed by atoms with van der Waals surface area (Å²) in [6.07, 6.45) is 1.56. The van der Waals surface area contributed by atoms with Crippen LogP contribution in [-0.2, 0) is 0 Å². The third kappa shape index (κ3) is 4.14. The maximum atomic E-state index is 11.0. The summed E-state index contributed by atoms with van der Waals surface area (Å²) in [7, 11) is 3.11. The minimum atomic E-state index is -1.03. The van der Waals surface area contributed by atoms with Gasteiger partial charge in [0.25, 0.3) is 0 Å². The average Bonchev–Trinajstić information content (AvgIpc) is 2.56. The van der Waals surface area contributed by atoms with Crippen molar-refractivity contribution in [3.63, 3.8) is 0 Å². The van der Waals surface area contributed by atoms with Crippen LogP contribution in [0.15, 0.2) is 41.5 Å². The van der Waals surface area contributed by atoms with Gasteiger partial charge in [-0.05, 0) is 42.0 Å². The van der Waals surface area contributed by atoms with Crippen LogP contribution >= 0.6 is 11.6 Å². The number of rotatable bonds is 6. The quantitative estimate of drug-likeness (QED) is 0.624. The summed E-state index contributed by atoms with van der Waals surface area (Å²) in [6.45, 7) is 0. The van der Waals surface area contributed by atoms with Gasteiger partial charge in [0, 0.05) is 0 Å². The zero-order chi connectivity index (χ0) is 16.8. The lowest BCUT2D eigenvalue weighted by atomic mass is 10.2. The van der Waals surface area contributed by atoms with Gasteiger partial charge < -0.3 is 14.6 Å². The first-order chi connectivity index (χ1) is 11.0. The molecule has 0 spiro atoms. The topological polar surface area (TPSA) is 80.2 Å². The van der Waals surface area contributed by atoms with Gasteiger partial charge in [-0.2, -0.15) is 5.10 Å². The van der Waals surface area contributed by atoms with E-state index in [9.17, 15) is 4.79 Å². The fourth-order valence-electron chi connectivity index (χ4n) is 1.85. The number of nitrogens with zero attached hydrogens (tertiary/aromatic N) is 1. The molecule has 6 nitrogen and oxygen atoms in total. The molecular formula is C16H15ClN2O4. The van der Waals surface area contributed by atoms with Crippen LogP contribution in [0.3, 0.4) is 0 Å². The number of carbonyl (C=O) groups is 1. The molecule has 0 unspecified atom stereocenters. The highest BCUT2D eigenvalue weighted by Gasteiger charge is 2.07. The van der Waals surface area contributed by atoms with Crippen molar-refractivity contribution in [2.75, 3.05) is 19.6 Å². The number of benzene rings is 2. The van der Waals surface area contributed by atoms with Crippen LogP contribution in [-0.4, -0.2) is 31.5 Å². The number of ether oxygens (including phenoxy) is 2. The Morgan fingerprint density at radius 2 is 1.91 bits per heavy atom. The summed E-state index contributed by atoms with van der Waals surface area (Å²) >= 11 is 6.00. The van der Waals surface area contributed by atoms with Crippen molar-refractivity contribution in [2.45, 2.75) is 0 Å². The normalized spacial score (nSPS) is 10.6. The van der Waals surface area contributed by atoms with E-state index in [1.807, 2.05) is 6.07 Å². The van der Waals surface area contributed by atoms with Gasteiger partial charge in [0.15, 0.2) is 11.5 Å². The first-order valence-corrected chi connectivity index (χ1v) is 6.97. The van der Waals surface area contributed by atoms with E-state index in [1.165, 1.54) is 18.2 Å². The molecule has 0 amide bonds. The predicted octanol–water partition coefficient (Wildman–Crippen LogP) is 3.50. The summed E-state index contributed by atoms with van der Waals surface area (Å²) in [5.74, 6) is 0.172. The molecule has 120 valence electrons. The second-order valence-corrected chi connectivity index (χ2v) is 4.89. The number of carboxylic acid groups (broad SMARTS) is 1. The molecule has 0 fully saturated rings. The van der Waals surface area contributed by atoms with Crippen LogP contribution in [0.1, 0.15) is 15.9 Å². The van der Waals surface area contributed by atoms with Crippen molar-refractivity contribution in [3.05, 3.63) is 52.5 Å². The van der Waals surface area contributed by atoms with E-state index in [-0.39, 0.29) is 5.56 Å². The van der Waals surface area contributed by atoms with E-state index in [4.69, 9.17) is 26.2 Å². The summed E-state index contributed by atoms with van der Waals surface area (Å²) < 4.78 is 10.4. The van der Waals surface area contributed by atoms with E-state index in [0.29, 0.717) is 22.2 Å². The third-order valence-electron chi connectivity index (χ3n) is 3.02. The van der Waals surface area contributed by atoms with Gasteiger partial charge in [-0.25, -0.2) is 4.79 Å². The van der Waals surface area contributed by atoms with Gasteiger partial charge in [0.1, 0.15) is 0 Å². The average molecular weight is 335 g/mol. The Balaban J connectivity index is 2.16. The number of hydrazone groups is 1. The Morgan fingerprint density at radius 3 is 2.57 bits per heavy atom. The van der Waals surface area contributed by atoms with Gasteiger partial charge in [0.2, 0.25) is 0 Å². The molecule has 2 N–H and O–H groups in total. The Labute approximate surface area is 138 Å². The molecule has 0 radical (unpaired) electrons. The second-order valence-electron chi connectivity index (χ2n) is 4.48.